The van der Waals surface area contributed by atoms with E-state index in [0.29, 0.717) is 12.3 Å². The molecule has 0 aromatic heterocycles. The second-order valence-electron chi connectivity index (χ2n) is 5.89. The number of methoxy groups -OCH3 is 1. The number of carbonyl (C=O) groups is 1. The highest BCUT2D eigenvalue weighted by molar-refractivity contribution is 7.91. The van der Waals surface area contributed by atoms with Gasteiger partial charge in [-0.1, -0.05) is 18.6 Å². The van der Waals surface area contributed by atoms with Crippen LogP contribution >= 0.6 is 0 Å². The van der Waals surface area contributed by atoms with Crippen LogP contribution in [0.25, 0.3) is 0 Å². The molecule has 132 valence electrons. The Morgan fingerprint density at radius 3 is 2.62 bits per heavy atom. The van der Waals surface area contributed by atoms with Crippen molar-refractivity contribution in [3.05, 3.63) is 35.9 Å². The molecule has 1 aliphatic heterocycles. The first-order valence-electron chi connectivity index (χ1n) is 7.95. The summed E-state index contributed by atoms with van der Waals surface area (Å²) in [6.45, 7) is 3.83. The fraction of sp³-hybridized carbons (Fsp3) is 0.471. The molecule has 1 aromatic rings. The maximum atomic E-state index is 12.4. The van der Waals surface area contributed by atoms with E-state index in [4.69, 9.17) is 4.74 Å². The molecule has 1 amide bonds. The topological polar surface area (TPSA) is 84.5 Å². The van der Waals surface area contributed by atoms with Crippen molar-refractivity contribution in [1.82, 2.24) is 10.6 Å². The minimum Gasteiger partial charge on any atom is -0.497 e. The number of rotatable bonds is 7. The summed E-state index contributed by atoms with van der Waals surface area (Å²) in [6, 6.07) is 6.19. The molecule has 1 aromatic carbocycles. The van der Waals surface area contributed by atoms with Gasteiger partial charge in [0.05, 0.1) is 17.8 Å². The van der Waals surface area contributed by atoms with E-state index >= 15 is 0 Å². The predicted octanol–water partition coefficient (Wildman–Crippen LogP) is 1.14. The van der Waals surface area contributed by atoms with E-state index in [1.807, 2.05) is 0 Å². The van der Waals surface area contributed by atoms with Crippen LogP contribution in [0.15, 0.2) is 40.8 Å². The summed E-state index contributed by atoms with van der Waals surface area (Å²) >= 11 is 0. The van der Waals surface area contributed by atoms with Crippen molar-refractivity contribution in [2.45, 2.75) is 18.2 Å². The Bertz CT molecular complexity index is 696. The molecule has 2 rings (SSSR count). The van der Waals surface area contributed by atoms with Crippen LogP contribution < -0.4 is 15.4 Å². The van der Waals surface area contributed by atoms with E-state index in [1.165, 1.54) is 24.8 Å². The van der Waals surface area contributed by atoms with Crippen molar-refractivity contribution in [3.8, 4) is 5.75 Å². The van der Waals surface area contributed by atoms with E-state index in [0.717, 1.165) is 19.5 Å². The molecular formula is C17H24N2O4S. The maximum absolute atomic E-state index is 12.4. The first-order chi connectivity index (χ1) is 11.4. The third-order valence-corrected chi connectivity index (χ3v) is 5.91. The zero-order chi connectivity index (χ0) is 17.6. The summed E-state index contributed by atoms with van der Waals surface area (Å²) in [5, 5.41) is 6.03. The Balaban J connectivity index is 1.92. The molecule has 0 saturated heterocycles. The minimum absolute atomic E-state index is 0.198. The number of sulfone groups is 1. The number of hydrogen-bond donors (Lipinski definition) is 2. The molecule has 1 heterocycles. The van der Waals surface area contributed by atoms with Crippen molar-refractivity contribution < 1.29 is 17.9 Å². The lowest BCUT2D eigenvalue weighted by Gasteiger charge is -2.17. The summed E-state index contributed by atoms with van der Waals surface area (Å²) in [4.78, 5) is 12.4. The quantitative estimate of drug-likeness (QED) is 0.719. The van der Waals surface area contributed by atoms with Crippen LogP contribution in [0.1, 0.15) is 13.3 Å². The standard InChI is InChI=1S/C17H24N2O4S/c1-13(17(20)19-11-14-7-9-18-10-8-14)12-24(21,22)16-5-3-15(23-2)4-6-16/h3-7,13,18H,8-12H2,1-2H3,(H,19,20). The van der Waals surface area contributed by atoms with Gasteiger partial charge in [0.15, 0.2) is 9.84 Å². The second kappa shape index (κ2) is 8.30. The molecule has 7 heteroatoms. The van der Waals surface area contributed by atoms with Gasteiger partial charge < -0.3 is 15.4 Å². The highest BCUT2D eigenvalue weighted by Crippen LogP contribution is 2.18. The number of hydrogen-bond acceptors (Lipinski definition) is 5. The predicted molar refractivity (Wildman–Crippen MR) is 92.8 cm³/mol. The van der Waals surface area contributed by atoms with Crippen molar-refractivity contribution in [1.29, 1.82) is 0 Å². The molecule has 1 atom stereocenters. The van der Waals surface area contributed by atoms with Crippen LogP contribution in [-0.2, 0) is 14.6 Å². The van der Waals surface area contributed by atoms with Gasteiger partial charge in [0.2, 0.25) is 5.91 Å². The monoisotopic (exact) mass is 352 g/mol. The first kappa shape index (κ1) is 18.5. The Morgan fingerprint density at radius 1 is 1.33 bits per heavy atom. The van der Waals surface area contributed by atoms with Crippen LogP contribution in [0.4, 0.5) is 0 Å². The zero-order valence-electron chi connectivity index (χ0n) is 14.0. The Morgan fingerprint density at radius 2 is 2.04 bits per heavy atom. The van der Waals surface area contributed by atoms with Crippen molar-refractivity contribution >= 4 is 15.7 Å². The number of amides is 1. The third kappa shape index (κ3) is 5.07. The van der Waals surface area contributed by atoms with Crippen LogP contribution in [0.3, 0.4) is 0 Å². The van der Waals surface area contributed by atoms with Gasteiger partial charge in [-0.05, 0) is 37.2 Å². The van der Waals surface area contributed by atoms with E-state index in [2.05, 4.69) is 16.7 Å². The maximum Gasteiger partial charge on any atom is 0.224 e. The Kier molecular flexibility index (Phi) is 6.39. The molecular weight excluding hydrogens is 328 g/mol. The average molecular weight is 352 g/mol. The van der Waals surface area contributed by atoms with Crippen LogP contribution in [0.5, 0.6) is 5.75 Å². The van der Waals surface area contributed by atoms with E-state index < -0.39 is 15.8 Å². The normalized spacial score (nSPS) is 16.2. The lowest BCUT2D eigenvalue weighted by atomic mass is 10.1. The van der Waals surface area contributed by atoms with Gasteiger partial charge in [-0.2, -0.15) is 0 Å². The van der Waals surface area contributed by atoms with Crippen LogP contribution in [-0.4, -0.2) is 46.8 Å². The highest BCUT2D eigenvalue weighted by atomic mass is 32.2. The molecule has 0 aliphatic carbocycles. The molecule has 0 fully saturated rings. The van der Waals surface area contributed by atoms with E-state index in [1.54, 1.807) is 19.1 Å². The summed E-state index contributed by atoms with van der Waals surface area (Å²) in [7, 11) is -1.99. The fourth-order valence-corrected chi connectivity index (χ4v) is 4.04. The summed E-state index contributed by atoms with van der Waals surface area (Å²) in [6.07, 6.45) is 2.96. The molecule has 0 spiro atoms. The van der Waals surface area contributed by atoms with E-state index in [-0.39, 0.29) is 16.6 Å². The van der Waals surface area contributed by atoms with Gasteiger partial charge in [0.1, 0.15) is 5.75 Å². The molecule has 2 N–H and O–H groups in total. The molecule has 0 bridgehead atoms. The SMILES string of the molecule is COc1ccc(S(=O)(=O)CC(C)C(=O)NCC2=CCNCC2)cc1. The highest BCUT2D eigenvalue weighted by Gasteiger charge is 2.23. The smallest absolute Gasteiger partial charge is 0.224 e. The first-order valence-corrected chi connectivity index (χ1v) is 9.61. The lowest BCUT2D eigenvalue weighted by molar-refractivity contribution is -0.123. The lowest BCUT2D eigenvalue weighted by Crippen LogP contribution is -2.35. The molecule has 24 heavy (non-hydrogen) atoms. The van der Waals surface area contributed by atoms with Crippen molar-refractivity contribution in [3.63, 3.8) is 0 Å². The second-order valence-corrected chi connectivity index (χ2v) is 7.93. The number of carbonyl (C=O) groups excluding carboxylic acids is 1. The minimum atomic E-state index is -3.51. The van der Waals surface area contributed by atoms with Gasteiger partial charge >= 0.3 is 0 Å². The Hall–Kier alpha value is -1.86. The molecule has 0 radical (unpaired) electrons. The van der Waals surface area contributed by atoms with Crippen LogP contribution in [0, 0.1) is 5.92 Å². The van der Waals surface area contributed by atoms with Crippen molar-refractivity contribution in [2.24, 2.45) is 5.92 Å². The summed E-state index contributed by atoms with van der Waals surface area (Å²) in [5.74, 6) is -0.480. The van der Waals surface area contributed by atoms with Gasteiger partial charge in [-0.3, -0.25) is 4.79 Å². The van der Waals surface area contributed by atoms with Crippen molar-refractivity contribution in [2.75, 3.05) is 32.5 Å². The van der Waals surface area contributed by atoms with Gasteiger partial charge in [-0.25, -0.2) is 8.42 Å². The summed E-state index contributed by atoms with van der Waals surface area (Å²) < 4.78 is 29.8. The number of benzene rings is 1. The fourth-order valence-electron chi connectivity index (χ4n) is 2.49. The Labute approximate surface area is 143 Å². The largest absolute Gasteiger partial charge is 0.497 e. The summed E-state index contributed by atoms with van der Waals surface area (Å²) in [5.41, 5.74) is 1.17. The van der Waals surface area contributed by atoms with Gasteiger partial charge in [0.25, 0.3) is 0 Å². The van der Waals surface area contributed by atoms with Crippen LogP contribution in [0.2, 0.25) is 0 Å². The zero-order valence-corrected chi connectivity index (χ0v) is 14.9. The van der Waals surface area contributed by atoms with Gasteiger partial charge in [-0.15, -0.1) is 0 Å². The molecule has 6 nitrogen and oxygen atoms in total. The number of ether oxygens (including phenoxy) is 1. The molecule has 1 aliphatic rings. The van der Waals surface area contributed by atoms with Gasteiger partial charge in [0, 0.05) is 19.0 Å². The number of nitrogens with one attached hydrogen (secondary N) is 2. The average Bonchev–Trinajstić information content (AvgIpc) is 2.60. The third-order valence-electron chi connectivity index (χ3n) is 3.98. The molecule has 0 saturated carbocycles. The van der Waals surface area contributed by atoms with E-state index in [9.17, 15) is 13.2 Å². The molecule has 1 unspecified atom stereocenters.